The van der Waals surface area contributed by atoms with Crippen molar-refractivity contribution >= 4 is 34.0 Å². The predicted octanol–water partition coefficient (Wildman–Crippen LogP) is 2.48. The monoisotopic (exact) mass is 359 g/mol. The van der Waals surface area contributed by atoms with Gasteiger partial charge in [0.1, 0.15) is 18.0 Å². The van der Waals surface area contributed by atoms with Crippen LogP contribution in [0.1, 0.15) is 5.82 Å². The summed E-state index contributed by atoms with van der Waals surface area (Å²) in [5, 5.41) is 16.0. The van der Waals surface area contributed by atoms with E-state index < -0.39 is 5.82 Å². The number of aromatic nitrogens is 6. The van der Waals surface area contributed by atoms with E-state index in [9.17, 15) is 4.39 Å². The number of halogens is 2. The van der Waals surface area contributed by atoms with Gasteiger partial charge in [0, 0.05) is 11.5 Å². The first-order valence-electron chi connectivity index (χ1n) is 7.24. The molecule has 0 atom stereocenters. The largest absolute Gasteiger partial charge is 0.480 e. The molecule has 3 heterocycles. The van der Waals surface area contributed by atoms with Gasteiger partial charge in [0.25, 0.3) is 0 Å². The zero-order valence-corrected chi connectivity index (χ0v) is 13.7. The Morgan fingerprint density at radius 1 is 1.24 bits per heavy atom. The summed E-state index contributed by atoms with van der Waals surface area (Å²) in [6, 6.07) is 6.20. The molecule has 3 aromatic heterocycles. The van der Waals surface area contributed by atoms with Crippen LogP contribution in [0.5, 0.6) is 5.88 Å². The van der Waals surface area contributed by atoms with E-state index in [1.807, 2.05) is 0 Å². The van der Waals surface area contributed by atoms with Crippen molar-refractivity contribution in [1.29, 1.82) is 0 Å². The van der Waals surface area contributed by atoms with Gasteiger partial charge in [0.15, 0.2) is 11.5 Å². The maximum absolute atomic E-state index is 13.8. The number of ether oxygens (including phenoxy) is 1. The molecule has 0 unspecified atom stereocenters. The van der Waals surface area contributed by atoms with Gasteiger partial charge in [-0.15, -0.1) is 15.3 Å². The minimum absolute atomic E-state index is 0.0110. The van der Waals surface area contributed by atoms with Gasteiger partial charge in [-0.1, -0.05) is 11.6 Å². The summed E-state index contributed by atoms with van der Waals surface area (Å²) < 4.78 is 20.4. The van der Waals surface area contributed by atoms with Crippen LogP contribution in [0.4, 0.5) is 10.2 Å². The van der Waals surface area contributed by atoms with E-state index in [0.29, 0.717) is 34.1 Å². The maximum atomic E-state index is 13.8. The first-order chi connectivity index (χ1) is 12.2. The van der Waals surface area contributed by atoms with Crippen LogP contribution in [0, 0.1) is 5.82 Å². The Morgan fingerprint density at radius 2 is 2.12 bits per heavy atom. The summed E-state index contributed by atoms with van der Waals surface area (Å²) in [6.45, 7) is 0.275. The second-order valence-electron chi connectivity index (χ2n) is 5.12. The molecule has 4 rings (SSSR count). The Kier molecular flexibility index (Phi) is 3.77. The second-order valence-corrected chi connectivity index (χ2v) is 5.53. The van der Waals surface area contributed by atoms with Gasteiger partial charge in [0.05, 0.1) is 24.2 Å². The summed E-state index contributed by atoms with van der Waals surface area (Å²) in [5.74, 6) is 0.916. The van der Waals surface area contributed by atoms with E-state index in [1.54, 1.807) is 16.6 Å². The van der Waals surface area contributed by atoms with Gasteiger partial charge >= 0.3 is 0 Å². The highest BCUT2D eigenvalue weighted by molar-refractivity contribution is 6.31. The van der Waals surface area contributed by atoms with Gasteiger partial charge in [-0.25, -0.2) is 14.4 Å². The van der Waals surface area contributed by atoms with Gasteiger partial charge in [-0.05, 0) is 18.2 Å². The smallest absolute Gasteiger partial charge is 0.231 e. The Morgan fingerprint density at radius 3 is 2.96 bits per heavy atom. The van der Waals surface area contributed by atoms with Crippen molar-refractivity contribution < 1.29 is 9.13 Å². The SMILES string of the molecule is COc1ccc2nnc(CNc3ncnc4cc(Cl)c(F)cc34)n2n1. The van der Waals surface area contributed by atoms with Crippen LogP contribution < -0.4 is 10.1 Å². The molecule has 4 aromatic rings. The van der Waals surface area contributed by atoms with Crippen molar-refractivity contribution in [2.24, 2.45) is 0 Å². The van der Waals surface area contributed by atoms with Crippen molar-refractivity contribution in [3.05, 3.63) is 47.3 Å². The van der Waals surface area contributed by atoms with Gasteiger partial charge in [0.2, 0.25) is 5.88 Å². The molecule has 0 saturated heterocycles. The molecule has 0 aliphatic carbocycles. The summed E-state index contributed by atoms with van der Waals surface area (Å²) in [4.78, 5) is 8.25. The Labute approximate surface area is 145 Å². The van der Waals surface area contributed by atoms with Crippen LogP contribution in [0.25, 0.3) is 16.6 Å². The van der Waals surface area contributed by atoms with Crippen LogP contribution in [0.15, 0.2) is 30.6 Å². The standard InChI is InChI=1S/C15H11ClFN7O/c1-25-14-3-2-12-21-22-13(24(12)23-14)6-18-15-8-4-10(17)9(16)5-11(8)19-7-20-15/h2-5,7H,6H2,1H3,(H,18,19,20). The fourth-order valence-corrected chi connectivity index (χ4v) is 2.55. The number of hydrogen-bond acceptors (Lipinski definition) is 7. The molecule has 10 heteroatoms. The average Bonchev–Trinajstić information content (AvgIpc) is 3.03. The molecule has 0 fully saturated rings. The van der Waals surface area contributed by atoms with Crippen LogP contribution >= 0.6 is 11.6 Å². The van der Waals surface area contributed by atoms with E-state index in [-0.39, 0.29) is 11.6 Å². The molecule has 0 bridgehead atoms. The minimum atomic E-state index is -0.536. The summed E-state index contributed by atoms with van der Waals surface area (Å²) in [5.41, 5.74) is 1.12. The summed E-state index contributed by atoms with van der Waals surface area (Å²) in [7, 11) is 1.53. The van der Waals surface area contributed by atoms with E-state index in [0.717, 1.165) is 0 Å². The molecule has 0 spiro atoms. The predicted molar refractivity (Wildman–Crippen MR) is 89.2 cm³/mol. The third-order valence-electron chi connectivity index (χ3n) is 3.60. The fraction of sp³-hybridized carbons (Fsp3) is 0.133. The Bertz CT molecular complexity index is 1080. The van der Waals surface area contributed by atoms with Crippen LogP contribution in [-0.2, 0) is 6.54 Å². The normalized spacial score (nSPS) is 11.2. The quantitative estimate of drug-likeness (QED) is 0.598. The number of nitrogens with zero attached hydrogens (tertiary/aromatic N) is 6. The third kappa shape index (κ3) is 2.78. The number of rotatable bonds is 4. The number of benzene rings is 1. The molecule has 8 nitrogen and oxygen atoms in total. The minimum Gasteiger partial charge on any atom is -0.480 e. The number of hydrogen-bond donors (Lipinski definition) is 1. The molecular weight excluding hydrogens is 349 g/mol. The Balaban J connectivity index is 1.68. The number of methoxy groups -OCH3 is 1. The lowest BCUT2D eigenvalue weighted by molar-refractivity contribution is 0.389. The summed E-state index contributed by atoms with van der Waals surface area (Å²) in [6.07, 6.45) is 1.38. The zero-order valence-electron chi connectivity index (χ0n) is 12.9. The number of fused-ring (bicyclic) bond motifs is 2. The lowest BCUT2D eigenvalue weighted by Crippen LogP contribution is -2.08. The van der Waals surface area contributed by atoms with E-state index in [4.69, 9.17) is 16.3 Å². The maximum Gasteiger partial charge on any atom is 0.231 e. The van der Waals surface area contributed by atoms with E-state index in [1.165, 1.54) is 25.6 Å². The number of anilines is 1. The van der Waals surface area contributed by atoms with Crippen LogP contribution in [0.3, 0.4) is 0 Å². The molecule has 0 amide bonds. The molecule has 0 saturated carbocycles. The second kappa shape index (κ2) is 6.10. The van der Waals surface area contributed by atoms with E-state index in [2.05, 4.69) is 30.6 Å². The van der Waals surface area contributed by atoms with Crippen molar-refractivity contribution in [3.8, 4) is 5.88 Å². The first kappa shape index (κ1) is 15.5. The zero-order chi connectivity index (χ0) is 17.4. The molecule has 1 aromatic carbocycles. The molecule has 0 aliphatic rings. The highest BCUT2D eigenvalue weighted by Gasteiger charge is 2.11. The van der Waals surface area contributed by atoms with Gasteiger partial charge < -0.3 is 10.1 Å². The highest BCUT2D eigenvalue weighted by Crippen LogP contribution is 2.25. The lowest BCUT2D eigenvalue weighted by atomic mass is 10.2. The molecule has 0 radical (unpaired) electrons. The Hall–Kier alpha value is -3.07. The first-order valence-corrected chi connectivity index (χ1v) is 7.62. The van der Waals surface area contributed by atoms with Crippen molar-refractivity contribution in [2.75, 3.05) is 12.4 Å². The highest BCUT2D eigenvalue weighted by atomic mass is 35.5. The topological polar surface area (TPSA) is 90.1 Å². The van der Waals surface area contributed by atoms with Gasteiger partial charge in [-0.3, -0.25) is 0 Å². The molecule has 0 aliphatic heterocycles. The van der Waals surface area contributed by atoms with Crippen molar-refractivity contribution in [2.45, 2.75) is 6.54 Å². The van der Waals surface area contributed by atoms with E-state index >= 15 is 0 Å². The van der Waals surface area contributed by atoms with Crippen LogP contribution in [-0.4, -0.2) is 36.9 Å². The molecule has 25 heavy (non-hydrogen) atoms. The average molecular weight is 360 g/mol. The van der Waals surface area contributed by atoms with Crippen molar-refractivity contribution in [1.82, 2.24) is 29.8 Å². The molecule has 1 N–H and O–H groups in total. The fourth-order valence-electron chi connectivity index (χ4n) is 2.39. The van der Waals surface area contributed by atoms with Gasteiger partial charge in [-0.2, -0.15) is 4.52 Å². The molecular formula is C15H11ClFN7O. The number of nitrogens with one attached hydrogen (secondary N) is 1. The molecule has 126 valence electrons. The third-order valence-corrected chi connectivity index (χ3v) is 3.89. The van der Waals surface area contributed by atoms with Crippen molar-refractivity contribution in [3.63, 3.8) is 0 Å². The van der Waals surface area contributed by atoms with Crippen LogP contribution in [0.2, 0.25) is 5.02 Å². The lowest BCUT2D eigenvalue weighted by Gasteiger charge is -2.08. The summed E-state index contributed by atoms with van der Waals surface area (Å²) >= 11 is 5.79.